The number of rotatable bonds is 6. The molecule has 6 nitrogen and oxygen atoms in total. The molecule has 1 rings (SSSR count). The van der Waals surface area contributed by atoms with E-state index in [4.69, 9.17) is 4.74 Å². The molecule has 0 unspecified atom stereocenters. The molecule has 0 bridgehead atoms. The van der Waals surface area contributed by atoms with E-state index < -0.39 is 10.0 Å². The third-order valence-electron chi connectivity index (χ3n) is 2.59. The van der Waals surface area contributed by atoms with Gasteiger partial charge in [-0.15, -0.1) is 0 Å². The molecule has 0 aromatic heterocycles. The largest absolute Gasteiger partial charge is 0.494 e. The summed E-state index contributed by atoms with van der Waals surface area (Å²) in [5.41, 5.74) is 0.411. The number of amides is 1. The zero-order valence-corrected chi connectivity index (χ0v) is 13.0. The van der Waals surface area contributed by atoms with Crippen LogP contribution >= 0.6 is 0 Å². The number of likely N-dealkylation sites (N-methyl/N-ethyl adjacent to an activating group) is 1. The highest BCUT2D eigenvalue weighted by molar-refractivity contribution is 7.92. The molecule has 1 amide bonds. The third-order valence-corrected chi connectivity index (χ3v) is 3.74. The Hall–Kier alpha value is -1.76. The van der Waals surface area contributed by atoms with Gasteiger partial charge >= 0.3 is 0 Å². The smallest absolute Gasteiger partial charge is 0.242 e. The predicted molar refractivity (Wildman–Crippen MR) is 78.5 cm³/mol. The van der Waals surface area contributed by atoms with Crippen molar-refractivity contribution in [3.8, 4) is 5.75 Å². The number of benzene rings is 1. The van der Waals surface area contributed by atoms with Gasteiger partial charge in [0.15, 0.2) is 0 Å². The molecule has 7 heteroatoms. The fourth-order valence-corrected chi connectivity index (χ4v) is 2.40. The normalized spacial score (nSPS) is 11.0. The topological polar surface area (TPSA) is 66.9 Å². The summed E-state index contributed by atoms with van der Waals surface area (Å²) < 4.78 is 30.2. The first-order valence-corrected chi connectivity index (χ1v) is 8.01. The molecule has 0 aliphatic carbocycles. The highest BCUT2D eigenvalue weighted by Crippen LogP contribution is 2.23. The first kappa shape index (κ1) is 16.3. The van der Waals surface area contributed by atoms with Gasteiger partial charge in [0.05, 0.1) is 18.6 Å². The van der Waals surface area contributed by atoms with E-state index in [0.717, 1.165) is 10.6 Å². The summed E-state index contributed by atoms with van der Waals surface area (Å²) in [6.45, 7) is 2.09. The van der Waals surface area contributed by atoms with Crippen LogP contribution in [0.3, 0.4) is 0 Å². The average molecular weight is 300 g/mol. The Morgan fingerprint density at radius 3 is 2.45 bits per heavy atom. The molecule has 0 fully saturated rings. The van der Waals surface area contributed by atoms with Crippen LogP contribution in [0.4, 0.5) is 5.69 Å². The molecule has 0 radical (unpaired) electrons. The molecule has 0 aliphatic rings. The third kappa shape index (κ3) is 4.41. The van der Waals surface area contributed by atoms with Gasteiger partial charge in [0.1, 0.15) is 12.3 Å². The van der Waals surface area contributed by atoms with E-state index in [2.05, 4.69) is 0 Å². The van der Waals surface area contributed by atoms with E-state index in [1.165, 1.54) is 4.90 Å². The van der Waals surface area contributed by atoms with Crippen molar-refractivity contribution in [3.63, 3.8) is 0 Å². The fraction of sp³-hybridized carbons (Fsp3) is 0.462. The predicted octanol–water partition coefficient (Wildman–Crippen LogP) is 0.940. The standard InChI is InChI=1S/C13H20N2O4S/c1-5-19-12-8-6-7-11(9-12)15(20(4,17)18)10-13(16)14(2)3/h6-9H,5,10H2,1-4H3. The lowest BCUT2D eigenvalue weighted by Gasteiger charge is -2.23. The van der Waals surface area contributed by atoms with Crippen LogP contribution in [-0.4, -0.2) is 52.7 Å². The van der Waals surface area contributed by atoms with Gasteiger partial charge in [0.25, 0.3) is 0 Å². The first-order chi connectivity index (χ1) is 9.25. The monoisotopic (exact) mass is 300 g/mol. The summed E-state index contributed by atoms with van der Waals surface area (Å²) >= 11 is 0. The van der Waals surface area contributed by atoms with E-state index in [9.17, 15) is 13.2 Å². The van der Waals surface area contributed by atoms with Gasteiger partial charge in [0.2, 0.25) is 15.9 Å². The van der Waals surface area contributed by atoms with E-state index in [1.807, 2.05) is 6.92 Å². The maximum atomic E-state index is 11.9. The second-order valence-electron chi connectivity index (χ2n) is 4.49. The number of sulfonamides is 1. The minimum atomic E-state index is -3.55. The molecule has 20 heavy (non-hydrogen) atoms. The number of carbonyl (C=O) groups is 1. The van der Waals surface area contributed by atoms with Crippen molar-refractivity contribution in [2.75, 3.05) is 37.8 Å². The Bertz CT molecular complexity index is 569. The van der Waals surface area contributed by atoms with Crippen LogP contribution in [0.5, 0.6) is 5.75 Å². The van der Waals surface area contributed by atoms with Crippen LogP contribution in [0.25, 0.3) is 0 Å². The zero-order valence-electron chi connectivity index (χ0n) is 12.2. The van der Waals surface area contributed by atoms with Crippen LogP contribution in [0, 0.1) is 0 Å². The molecule has 0 heterocycles. The Kier molecular flexibility index (Phi) is 5.38. The van der Waals surface area contributed by atoms with Gasteiger partial charge in [-0.3, -0.25) is 9.10 Å². The van der Waals surface area contributed by atoms with Crippen molar-refractivity contribution in [2.45, 2.75) is 6.92 Å². The van der Waals surface area contributed by atoms with Crippen LogP contribution < -0.4 is 9.04 Å². The van der Waals surface area contributed by atoms with Gasteiger partial charge in [-0.25, -0.2) is 8.42 Å². The molecule has 1 aromatic carbocycles. The van der Waals surface area contributed by atoms with Crippen molar-refractivity contribution >= 4 is 21.6 Å². The minimum absolute atomic E-state index is 0.235. The summed E-state index contributed by atoms with van der Waals surface area (Å²) in [6.07, 6.45) is 1.07. The lowest BCUT2D eigenvalue weighted by Crippen LogP contribution is -2.39. The Balaban J connectivity index is 3.12. The molecule has 0 spiro atoms. The Morgan fingerprint density at radius 2 is 1.95 bits per heavy atom. The van der Waals surface area contributed by atoms with Gasteiger partial charge in [-0.05, 0) is 19.1 Å². The maximum absolute atomic E-state index is 11.9. The molecule has 112 valence electrons. The number of ether oxygens (including phenoxy) is 1. The van der Waals surface area contributed by atoms with Crippen molar-refractivity contribution in [1.82, 2.24) is 4.90 Å². The quantitative estimate of drug-likeness (QED) is 0.784. The second kappa shape index (κ2) is 6.60. The average Bonchev–Trinajstić information content (AvgIpc) is 2.34. The highest BCUT2D eigenvalue weighted by Gasteiger charge is 2.22. The number of anilines is 1. The lowest BCUT2D eigenvalue weighted by molar-refractivity contribution is -0.127. The Morgan fingerprint density at radius 1 is 1.30 bits per heavy atom. The van der Waals surface area contributed by atoms with Crippen molar-refractivity contribution in [1.29, 1.82) is 0 Å². The van der Waals surface area contributed by atoms with Crippen LogP contribution in [0.15, 0.2) is 24.3 Å². The van der Waals surface area contributed by atoms with Crippen LogP contribution in [0.2, 0.25) is 0 Å². The van der Waals surface area contributed by atoms with E-state index in [0.29, 0.717) is 18.0 Å². The van der Waals surface area contributed by atoms with Gasteiger partial charge in [-0.2, -0.15) is 0 Å². The molecular formula is C13H20N2O4S. The zero-order chi connectivity index (χ0) is 15.3. The maximum Gasteiger partial charge on any atom is 0.242 e. The second-order valence-corrected chi connectivity index (χ2v) is 6.39. The first-order valence-electron chi connectivity index (χ1n) is 6.16. The molecule has 0 saturated carbocycles. The molecular weight excluding hydrogens is 280 g/mol. The molecule has 0 N–H and O–H groups in total. The number of carbonyl (C=O) groups excluding carboxylic acids is 1. The number of hydrogen-bond acceptors (Lipinski definition) is 4. The van der Waals surface area contributed by atoms with Gasteiger partial charge in [0, 0.05) is 20.2 Å². The lowest BCUT2D eigenvalue weighted by atomic mass is 10.3. The number of nitrogens with zero attached hydrogens (tertiary/aromatic N) is 2. The summed E-state index contributed by atoms with van der Waals surface area (Å²) in [6, 6.07) is 6.67. The summed E-state index contributed by atoms with van der Waals surface area (Å²) in [7, 11) is -0.382. The number of hydrogen-bond donors (Lipinski definition) is 0. The van der Waals surface area contributed by atoms with Crippen LogP contribution in [-0.2, 0) is 14.8 Å². The molecule has 0 saturated heterocycles. The SMILES string of the molecule is CCOc1cccc(N(CC(=O)N(C)C)S(C)(=O)=O)c1. The molecule has 0 atom stereocenters. The van der Waals surface area contributed by atoms with E-state index in [1.54, 1.807) is 38.4 Å². The van der Waals surface area contributed by atoms with Crippen LogP contribution in [0.1, 0.15) is 6.92 Å². The van der Waals surface area contributed by atoms with E-state index >= 15 is 0 Å². The fourth-order valence-electron chi connectivity index (χ4n) is 1.56. The van der Waals surface area contributed by atoms with E-state index in [-0.39, 0.29) is 12.5 Å². The molecule has 0 aliphatic heterocycles. The summed E-state index contributed by atoms with van der Waals surface area (Å²) in [4.78, 5) is 13.1. The van der Waals surface area contributed by atoms with Crippen molar-refractivity contribution < 1.29 is 17.9 Å². The minimum Gasteiger partial charge on any atom is -0.494 e. The summed E-state index contributed by atoms with van der Waals surface area (Å²) in [5.74, 6) is 0.271. The van der Waals surface area contributed by atoms with Gasteiger partial charge in [-0.1, -0.05) is 6.07 Å². The molecule has 1 aromatic rings. The van der Waals surface area contributed by atoms with Crippen molar-refractivity contribution in [3.05, 3.63) is 24.3 Å². The van der Waals surface area contributed by atoms with Crippen molar-refractivity contribution in [2.24, 2.45) is 0 Å². The van der Waals surface area contributed by atoms with Gasteiger partial charge < -0.3 is 9.64 Å². The summed E-state index contributed by atoms with van der Waals surface area (Å²) in [5, 5.41) is 0. The highest BCUT2D eigenvalue weighted by atomic mass is 32.2. The Labute approximate surface area is 120 Å².